The van der Waals surface area contributed by atoms with Gasteiger partial charge in [-0.3, -0.25) is 9.10 Å². The zero-order valence-electron chi connectivity index (χ0n) is 16.1. The summed E-state index contributed by atoms with van der Waals surface area (Å²) in [6, 6.07) is 16.3. The highest BCUT2D eigenvalue weighted by Crippen LogP contribution is 2.22. The van der Waals surface area contributed by atoms with Gasteiger partial charge in [0, 0.05) is 30.9 Å². The van der Waals surface area contributed by atoms with Crippen LogP contribution in [0.15, 0.2) is 54.6 Å². The van der Waals surface area contributed by atoms with Crippen LogP contribution >= 0.6 is 0 Å². The Hall–Kier alpha value is -2.54. The van der Waals surface area contributed by atoms with Crippen LogP contribution in [0.4, 0.5) is 11.4 Å². The number of anilines is 2. The predicted octanol–water partition coefficient (Wildman–Crippen LogP) is 2.73. The van der Waals surface area contributed by atoms with Crippen molar-refractivity contribution < 1.29 is 13.2 Å². The number of nitrogens with zero attached hydrogens (tertiary/aromatic N) is 2. The number of hydrogen-bond acceptors (Lipinski definition) is 4. The Morgan fingerprint density at radius 2 is 1.48 bits per heavy atom. The number of benzene rings is 2. The van der Waals surface area contributed by atoms with Gasteiger partial charge in [0.25, 0.3) is 5.91 Å². The number of carbonyl (C=O) groups excluding carboxylic acids is 1. The molecule has 0 aliphatic rings. The molecule has 2 rings (SSSR count). The highest BCUT2D eigenvalue weighted by molar-refractivity contribution is 7.92. The second-order valence-corrected chi connectivity index (χ2v) is 8.05. The fourth-order valence-corrected chi connectivity index (χ4v) is 3.80. The van der Waals surface area contributed by atoms with Gasteiger partial charge in [0.15, 0.2) is 0 Å². The van der Waals surface area contributed by atoms with Crippen LogP contribution in [0.25, 0.3) is 0 Å². The summed E-state index contributed by atoms with van der Waals surface area (Å²) in [7, 11) is -3.46. The Bertz CT molecular complexity index is 833. The van der Waals surface area contributed by atoms with Crippen molar-refractivity contribution in [3.63, 3.8) is 0 Å². The van der Waals surface area contributed by atoms with Crippen LogP contribution in [0.1, 0.15) is 24.2 Å². The summed E-state index contributed by atoms with van der Waals surface area (Å²) >= 11 is 0. The van der Waals surface area contributed by atoms with Crippen LogP contribution in [-0.4, -0.2) is 46.8 Å². The molecular weight excluding hydrogens is 362 g/mol. The van der Waals surface area contributed by atoms with Crippen LogP contribution < -0.4 is 14.5 Å². The lowest BCUT2D eigenvalue weighted by Crippen LogP contribution is -2.38. The topological polar surface area (TPSA) is 69.7 Å². The first-order valence-electron chi connectivity index (χ1n) is 9.02. The lowest BCUT2D eigenvalue weighted by atomic mass is 10.2. The average molecular weight is 390 g/mol. The lowest BCUT2D eigenvalue weighted by molar-refractivity contribution is 0.0955. The molecule has 0 unspecified atom stereocenters. The molecular formula is C20H27N3O3S. The molecule has 0 aliphatic carbocycles. The number of hydrogen-bond donors (Lipinski definition) is 1. The van der Waals surface area contributed by atoms with Crippen molar-refractivity contribution in [2.75, 3.05) is 41.6 Å². The molecule has 7 heteroatoms. The van der Waals surface area contributed by atoms with Crippen LogP contribution in [0.3, 0.4) is 0 Å². The van der Waals surface area contributed by atoms with E-state index in [2.05, 4.69) is 24.1 Å². The molecule has 2 aromatic rings. The minimum Gasteiger partial charge on any atom is -0.372 e. The lowest BCUT2D eigenvalue weighted by Gasteiger charge is -2.25. The molecule has 0 aromatic heterocycles. The highest BCUT2D eigenvalue weighted by atomic mass is 32.2. The number of amides is 1. The third-order valence-corrected chi connectivity index (χ3v) is 5.50. The van der Waals surface area contributed by atoms with Crippen molar-refractivity contribution >= 4 is 27.3 Å². The molecule has 0 fully saturated rings. The molecule has 1 N–H and O–H groups in total. The van der Waals surface area contributed by atoms with E-state index in [1.54, 1.807) is 36.4 Å². The van der Waals surface area contributed by atoms with Crippen molar-refractivity contribution in [1.82, 2.24) is 5.32 Å². The van der Waals surface area contributed by atoms with Gasteiger partial charge in [-0.1, -0.05) is 18.2 Å². The maximum absolute atomic E-state index is 12.2. The molecule has 0 saturated heterocycles. The Balaban J connectivity index is 2.06. The van der Waals surface area contributed by atoms with Crippen LogP contribution in [0.5, 0.6) is 0 Å². The maximum Gasteiger partial charge on any atom is 0.251 e. The monoisotopic (exact) mass is 389 g/mol. The van der Waals surface area contributed by atoms with Crippen molar-refractivity contribution in [1.29, 1.82) is 0 Å². The van der Waals surface area contributed by atoms with Gasteiger partial charge in [0.05, 0.1) is 18.5 Å². The van der Waals surface area contributed by atoms with E-state index in [0.717, 1.165) is 18.8 Å². The zero-order valence-corrected chi connectivity index (χ0v) is 16.9. The van der Waals surface area contributed by atoms with E-state index in [-0.39, 0.29) is 19.0 Å². The van der Waals surface area contributed by atoms with E-state index < -0.39 is 10.0 Å². The molecule has 0 aliphatic heterocycles. The largest absolute Gasteiger partial charge is 0.372 e. The summed E-state index contributed by atoms with van der Waals surface area (Å²) in [5.74, 6) is -0.221. The Kier molecular flexibility index (Phi) is 7.24. The van der Waals surface area contributed by atoms with Gasteiger partial charge < -0.3 is 10.2 Å². The third kappa shape index (κ3) is 5.72. The first-order chi connectivity index (χ1) is 12.9. The molecule has 0 bridgehead atoms. The van der Waals surface area contributed by atoms with E-state index in [9.17, 15) is 13.2 Å². The minimum absolute atomic E-state index is 0.169. The molecule has 0 spiro atoms. The summed E-state index contributed by atoms with van der Waals surface area (Å²) < 4.78 is 25.7. The van der Waals surface area contributed by atoms with E-state index in [0.29, 0.717) is 11.3 Å². The summed E-state index contributed by atoms with van der Waals surface area (Å²) in [6.07, 6.45) is 1.17. The molecule has 1 amide bonds. The summed E-state index contributed by atoms with van der Waals surface area (Å²) in [6.45, 7) is 6.32. The second kappa shape index (κ2) is 9.41. The smallest absolute Gasteiger partial charge is 0.251 e. The quantitative estimate of drug-likeness (QED) is 0.716. The SMILES string of the molecule is CCN(CC)c1ccc(N(CCNC(=O)c2ccccc2)S(C)(=O)=O)cc1. The average Bonchev–Trinajstić information content (AvgIpc) is 2.66. The first-order valence-corrected chi connectivity index (χ1v) is 10.9. The van der Waals surface area contributed by atoms with Gasteiger partial charge in [0.2, 0.25) is 10.0 Å². The normalized spacial score (nSPS) is 11.1. The van der Waals surface area contributed by atoms with Crippen molar-refractivity contribution in [2.24, 2.45) is 0 Å². The van der Waals surface area contributed by atoms with Gasteiger partial charge in [-0.15, -0.1) is 0 Å². The zero-order chi connectivity index (χ0) is 19.9. The van der Waals surface area contributed by atoms with Gasteiger partial charge >= 0.3 is 0 Å². The molecule has 6 nitrogen and oxygen atoms in total. The number of rotatable bonds is 9. The second-order valence-electron chi connectivity index (χ2n) is 6.15. The number of sulfonamides is 1. The van der Waals surface area contributed by atoms with Crippen molar-refractivity contribution in [3.8, 4) is 0 Å². The van der Waals surface area contributed by atoms with Gasteiger partial charge in [-0.05, 0) is 50.2 Å². The first kappa shape index (κ1) is 20.8. The third-order valence-electron chi connectivity index (χ3n) is 4.30. The fourth-order valence-electron chi connectivity index (χ4n) is 2.87. The van der Waals surface area contributed by atoms with Gasteiger partial charge in [0.1, 0.15) is 0 Å². The Morgan fingerprint density at radius 3 is 2.00 bits per heavy atom. The van der Waals surface area contributed by atoms with E-state index in [1.165, 1.54) is 10.6 Å². The van der Waals surface area contributed by atoms with Crippen molar-refractivity contribution in [2.45, 2.75) is 13.8 Å². The van der Waals surface area contributed by atoms with Crippen LogP contribution in [0.2, 0.25) is 0 Å². The number of carbonyl (C=O) groups is 1. The van der Waals surface area contributed by atoms with E-state index in [1.807, 2.05) is 18.2 Å². The molecule has 0 saturated carbocycles. The van der Waals surface area contributed by atoms with Gasteiger partial charge in [-0.25, -0.2) is 8.42 Å². The Morgan fingerprint density at radius 1 is 0.926 bits per heavy atom. The maximum atomic E-state index is 12.2. The summed E-state index contributed by atoms with van der Waals surface area (Å²) in [5, 5.41) is 2.77. The van der Waals surface area contributed by atoms with Crippen LogP contribution in [0, 0.1) is 0 Å². The molecule has 2 aromatic carbocycles. The summed E-state index contributed by atoms with van der Waals surface area (Å²) in [5.41, 5.74) is 2.18. The van der Waals surface area contributed by atoms with Gasteiger partial charge in [-0.2, -0.15) is 0 Å². The van der Waals surface area contributed by atoms with E-state index in [4.69, 9.17) is 0 Å². The highest BCUT2D eigenvalue weighted by Gasteiger charge is 2.18. The fraction of sp³-hybridized carbons (Fsp3) is 0.350. The Labute approximate surface area is 161 Å². The molecule has 0 radical (unpaired) electrons. The summed E-state index contributed by atoms with van der Waals surface area (Å²) in [4.78, 5) is 14.3. The number of nitrogens with one attached hydrogen (secondary N) is 1. The van der Waals surface area contributed by atoms with Crippen LogP contribution in [-0.2, 0) is 10.0 Å². The predicted molar refractivity (Wildman–Crippen MR) is 111 cm³/mol. The molecule has 0 heterocycles. The molecule has 27 heavy (non-hydrogen) atoms. The molecule has 146 valence electrons. The minimum atomic E-state index is -3.46. The van der Waals surface area contributed by atoms with Crippen molar-refractivity contribution in [3.05, 3.63) is 60.2 Å². The molecule has 0 atom stereocenters. The standard InChI is InChI=1S/C20H27N3O3S/c1-4-22(5-2)18-11-13-19(14-12-18)23(27(3,25)26)16-15-21-20(24)17-9-7-6-8-10-17/h6-14H,4-5,15-16H2,1-3H3,(H,21,24). The van der Waals surface area contributed by atoms with E-state index >= 15 is 0 Å².